The number of carbonyl (C=O) groups excluding carboxylic acids is 2. The van der Waals surface area contributed by atoms with E-state index in [1.54, 1.807) is 30.3 Å². The maximum atomic E-state index is 12.5. The maximum Gasteiger partial charge on any atom is 0.338 e. The average Bonchev–Trinajstić information content (AvgIpc) is 3.16. The fourth-order valence-corrected chi connectivity index (χ4v) is 3.06. The van der Waals surface area contributed by atoms with Gasteiger partial charge < -0.3 is 4.74 Å². The van der Waals surface area contributed by atoms with E-state index in [4.69, 9.17) is 4.74 Å². The second kappa shape index (κ2) is 7.70. The van der Waals surface area contributed by atoms with E-state index in [1.807, 2.05) is 41.8 Å². The predicted octanol–water partition coefficient (Wildman–Crippen LogP) is 4.38. The lowest BCUT2D eigenvalue weighted by Gasteiger charge is -2.08. The van der Waals surface area contributed by atoms with Crippen LogP contribution in [-0.2, 0) is 11.2 Å². The second-order valence-electron chi connectivity index (χ2n) is 5.22. The van der Waals surface area contributed by atoms with Gasteiger partial charge in [-0.2, -0.15) is 0 Å². The maximum absolute atomic E-state index is 12.5. The minimum absolute atomic E-state index is 0.152. The molecule has 0 saturated heterocycles. The summed E-state index contributed by atoms with van der Waals surface area (Å²) in [6.07, 6.45) is 0.646. The zero-order valence-electron chi connectivity index (χ0n) is 13.0. The summed E-state index contributed by atoms with van der Waals surface area (Å²) in [5.41, 5.74) is 1.79. The zero-order valence-corrected chi connectivity index (χ0v) is 13.8. The van der Waals surface area contributed by atoms with Crippen LogP contribution in [-0.4, -0.2) is 18.4 Å². The monoisotopic (exact) mass is 336 g/mol. The molecule has 0 amide bonds. The highest BCUT2D eigenvalue weighted by molar-refractivity contribution is 7.12. The highest BCUT2D eigenvalue weighted by Crippen LogP contribution is 2.19. The standard InChI is InChI=1S/C20H16O3S/c21-19(18-11-6-14-24-18)16-9-4-5-10-17(16)20(22)23-13-12-15-7-2-1-3-8-15/h1-11,14H,12-13H2. The number of carbonyl (C=O) groups is 2. The normalized spacial score (nSPS) is 10.3. The molecule has 0 aliphatic heterocycles. The molecule has 2 aromatic carbocycles. The summed E-state index contributed by atoms with van der Waals surface area (Å²) in [6, 6.07) is 20.2. The van der Waals surface area contributed by atoms with Crippen molar-refractivity contribution in [2.24, 2.45) is 0 Å². The number of rotatable bonds is 6. The summed E-state index contributed by atoms with van der Waals surface area (Å²) in [6.45, 7) is 0.282. The number of esters is 1. The first-order valence-electron chi connectivity index (χ1n) is 7.64. The zero-order chi connectivity index (χ0) is 16.8. The van der Waals surface area contributed by atoms with Crippen LogP contribution in [0.15, 0.2) is 72.1 Å². The van der Waals surface area contributed by atoms with Crippen molar-refractivity contribution in [3.8, 4) is 0 Å². The van der Waals surface area contributed by atoms with Crippen LogP contribution in [0, 0.1) is 0 Å². The number of hydrogen-bond acceptors (Lipinski definition) is 4. The number of thiophene rings is 1. The first-order valence-corrected chi connectivity index (χ1v) is 8.52. The van der Waals surface area contributed by atoms with E-state index in [0.29, 0.717) is 22.4 Å². The number of ether oxygens (including phenoxy) is 1. The molecule has 1 heterocycles. The van der Waals surface area contributed by atoms with Gasteiger partial charge in [0.2, 0.25) is 5.78 Å². The molecule has 0 unspecified atom stereocenters. The summed E-state index contributed by atoms with van der Waals surface area (Å²) in [7, 11) is 0. The van der Waals surface area contributed by atoms with Crippen molar-refractivity contribution < 1.29 is 14.3 Å². The van der Waals surface area contributed by atoms with E-state index in [0.717, 1.165) is 5.56 Å². The lowest BCUT2D eigenvalue weighted by Crippen LogP contribution is -2.13. The Bertz CT molecular complexity index is 823. The van der Waals surface area contributed by atoms with Crippen LogP contribution in [0.5, 0.6) is 0 Å². The molecule has 24 heavy (non-hydrogen) atoms. The summed E-state index contributed by atoms with van der Waals surface area (Å²) >= 11 is 1.36. The number of ketones is 1. The smallest absolute Gasteiger partial charge is 0.338 e. The third-order valence-corrected chi connectivity index (χ3v) is 4.47. The van der Waals surface area contributed by atoms with Gasteiger partial charge in [-0.1, -0.05) is 54.6 Å². The molecule has 3 rings (SSSR count). The molecule has 0 aliphatic rings. The number of hydrogen-bond donors (Lipinski definition) is 0. The van der Waals surface area contributed by atoms with Crippen molar-refractivity contribution in [1.29, 1.82) is 0 Å². The van der Waals surface area contributed by atoms with Gasteiger partial charge in [0, 0.05) is 12.0 Å². The van der Waals surface area contributed by atoms with Crippen LogP contribution in [0.3, 0.4) is 0 Å². The fraction of sp³-hybridized carbons (Fsp3) is 0.100. The van der Waals surface area contributed by atoms with Gasteiger partial charge >= 0.3 is 5.97 Å². The highest BCUT2D eigenvalue weighted by atomic mass is 32.1. The van der Waals surface area contributed by atoms with E-state index in [-0.39, 0.29) is 12.4 Å². The third kappa shape index (κ3) is 3.78. The Morgan fingerprint density at radius 1 is 0.833 bits per heavy atom. The first-order chi connectivity index (χ1) is 11.8. The lowest BCUT2D eigenvalue weighted by molar-refractivity contribution is 0.0506. The van der Waals surface area contributed by atoms with Crippen molar-refractivity contribution in [2.45, 2.75) is 6.42 Å². The van der Waals surface area contributed by atoms with Crippen molar-refractivity contribution >= 4 is 23.1 Å². The molecule has 0 aliphatic carbocycles. The van der Waals surface area contributed by atoms with Crippen LogP contribution in [0.2, 0.25) is 0 Å². The Hall–Kier alpha value is -2.72. The van der Waals surface area contributed by atoms with Crippen LogP contribution in [0.1, 0.15) is 31.2 Å². The predicted molar refractivity (Wildman–Crippen MR) is 94.6 cm³/mol. The Balaban J connectivity index is 1.70. The Morgan fingerprint density at radius 3 is 2.25 bits per heavy atom. The van der Waals surface area contributed by atoms with E-state index < -0.39 is 5.97 Å². The van der Waals surface area contributed by atoms with E-state index >= 15 is 0 Å². The Labute approximate surface area is 144 Å². The summed E-state index contributed by atoms with van der Waals surface area (Å²) in [5.74, 6) is -0.618. The average molecular weight is 336 g/mol. The molecule has 0 N–H and O–H groups in total. The minimum atomic E-state index is -0.466. The van der Waals surface area contributed by atoms with Crippen molar-refractivity contribution in [3.63, 3.8) is 0 Å². The Morgan fingerprint density at radius 2 is 1.54 bits per heavy atom. The van der Waals surface area contributed by atoms with E-state index in [1.165, 1.54) is 11.3 Å². The topological polar surface area (TPSA) is 43.4 Å². The van der Waals surface area contributed by atoms with Gasteiger partial charge in [-0.25, -0.2) is 4.79 Å². The SMILES string of the molecule is O=C(OCCc1ccccc1)c1ccccc1C(=O)c1cccs1. The molecule has 4 heteroatoms. The van der Waals surface area contributed by atoms with E-state index in [9.17, 15) is 9.59 Å². The molecule has 0 saturated carbocycles. The van der Waals surface area contributed by atoms with Crippen molar-refractivity contribution in [3.05, 3.63) is 93.7 Å². The molecule has 3 nitrogen and oxygen atoms in total. The van der Waals surface area contributed by atoms with Crippen LogP contribution < -0.4 is 0 Å². The summed E-state index contributed by atoms with van der Waals surface area (Å²) < 4.78 is 5.35. The molecule has 3 aromatic rings. The van der Waals surface area contributed by atoms with Gasteiger partial charge in [0.25, 0.3) is 0 Å². The molecule has 0 spiro atoms. The quantitative estimate of drug-likeness (QED) is 0.496. The van der Waals surface area contributed by atoms with Gasteiger partial charge in [0.05, 0.1) is 17.0 Å². The van der Waals surface area contributed by atoms with Crippen LogP contribution in [0.25, 0.3) is 0 Å². The molecular weight excluding hydrogens is 320 g/mol. The van der Waals surface area contributed by atoms with E-state index in [2.05, 4.69) is 0 Å². The summed E-state index contributed by atoms with van der Waals surface area (Å²) in [4.78, 5) is 25.5. The molecule has 0 fully saturated rings. The molecule has 0 radical (unpaired) electrons. The molecule has 0 atom stereocenters. The minimum Gasteiger partial charge on any atom is -0.462 e. The van der Waals surface area contributed by atoms with Crippen molar-refractivity contribution in [2.75, 3.05) is 6.61 Å². The highest BCUT2D eigenvalue weighted by Gasteiger charge is 2.19. The third-order valence-electron chi connectivity index (χ3n) is 3.60. The molecule has 0 bridgehead atoms. The number of benzene rings is 2. The first kappa shape index (κ1) is 16.1. The summed E-state index contributed by atoms with van der Waals surface area (Å²) in [5, 5.41) is 1.84. The van der Waals surface area contributed by atoms with Crippen LogP contribution >= 0.6 is 11.3 Å². The molecular formula is C20H16O3S. The fourth-order valence-electron chi connectivity index (χ4n) is 2.38. The van der Waals surface area contributed by atoms with Gasteiger partial charge in [-0.05, 0) is 23.1 Å². The lowest BCUT2D eigenvalue weighted by atomic mass is 10.0. The molecule has 1 aromatic heterocycles. The van der Waals surface area contributed by atoms with Gasteiger partial charge in [0.15, 0.2) is 0 Å². The van der Waals surface area contributed by atoms with Crippen molar-refractivity contribution in [1.82, 2.24) is 0 Å². The molecule has 120 valence electrons. The Kier molecular flexibility index (Phi) is 5.18. The van der Waals surface area contributed by atoms with Crippen LogP contribution in [0.4, 0.5) is 0 Å². The second-order valence-corrected chi connectivity index (χ2v) is 6.17. The van der Waals surface area contributed by atoms with Gasteiger partial charge in [-0.15, -0.1) is 11.3 Å². The largest absolute Gasteiger partial charge is 0.462 e. The van der Waals surface area contributed by atoms with Gasteiger partial charge in [-0.3, -0.25) is 4.79 Å². The van der Waals surface area contributed by atoms with Gasteiger partial charge in [0.1, 0.15) is 0 Å².